The Morgan fingerprint density at radius 1 is 1.31 bits per heavy atom. The number of nitrogens with one attached hydrogen (secondary N) is 1. The van der Waals surface area contributed by atoms with Gasteiger partial charge in [-0.2, -0.15) is 0 Å². The van der Waals surface area contributed by atoms with Crippen molar-refractivity contribution in [3.63, 3.8) is 0 Å². The molecule has 1 heteroatoms. The van der Waals surface area contributed by atoms with Gasteiger partial charge in [-0.3, -0.25) is 0 Å². The molecule has 16 heavy (non-hydrogen) atoms. The van der Waals surface area contributed by atoms with E-state index in [0.29, 0.717) is 11.3 Å². The second-order valence-corrected chi connectivity index (χ2v) is 6.00. The van der Waals surface area contributed by atoms with Crippen molar-refractivity contribution in [2.24, 2.45) is 17.3 Å². The minimum atomic E-state index is 0.325. The molecule has 0 fully saturated rings. The SMILES string of the molecule is C=CC(CCCC)C(C)(C)CNCC(C)C. The summed E-state index contributed by atoms with van der Waals surface area (Å²) in [7, 11) is 0. The van der Waals surface area contributed by atoms with Crippen LogP contribution in [0.5, 0.6) is 0 Å². The Bertz CT molecular complexity index is 182. The lowest BCUT2D eigenvalue weighted by molar-refractivity contribution is 0.229. The van der Waals surface area contributed by atoms with Gasteiger partial charge in [-0.1, -0.05) is 53.5 Å². The quantitative estimate of drug-likeness (QED) is 0.578. The predicted molar refractivity (Wildman–Crippen MR) is 74.7 cm³/mol. The summed E-state index contributed by atoms with van der Waals surface area (Å²) in [6, 6.07) is 0. The topological polar surface area (TPSA) is 12.0 Å². The van der Waals surface area contributed by atoms with Gasteiger partial charge in [0.1, 0.15) is 0 Å². The molecule has 0 spiro atoms. The van der Waals surface area contributed by atoms with E-state index in [1.807, 2.05) is 0 Å². The fraction of sp³-hybridized carbons (Fsp3) is 0.867. The Balaban J connectivity index is 4.08. The molecule has 0 radical (unpaired) electrons. The normalized spacial score (nSPS) is 14.1. The van der Waals surface area contributed by atoms with E-state index in [1.165, 1.54) is 19.3 Å². The molecule has 0 aliphatic rings. The number of rotatable bonds is 9. The van der Waals surface area contributed by atoms with Crippen LogP contribution in [0, 0.1) is 17.3 Å². The van der Waals surface area contributed by atoms with Crippen molar-refractivity contribution in [2.75, 3.05) is 13.1 Å². The van der Waals surface area contributed by atoms with Gasteiger partial charge >= 0.3 is 0 Å². The van der Waals surface area contributed by atoms with Crippen LogP contribution in [-0.4, -0.2) is 13.1 Å². The molecule has 0 saturated carbocycles. The van der Waals surface area contributed by atoms with Gasteiger partial charge in [0.15, 0.2) is 0 Å². The third-order valence-electron chi connectivity index (χ3n) is 3.29. The number of unbranched alkanes of at least 4 members (excludes halogenated alkanes) is 1. The van der Waals surface area contributed by atoms with Gasteiger partial charge in [0, 0.05) is 6.54 Å². The zero-order valence-electron chi connectivity index (χ0n) is 12.0. The number of hydrogen-bond donors (Lipinski definition) is 1. The first-order valence-corrected chi connectivity index (χ1v) is 6.77. The molecule has 0 aromatic rings. The van der Waals surface area contributed by atoms with Gasteiger partial charge in [0.25, 0.3) is 0 Å². The van der Waals surface area contributed by atoms with Gasteiger partial charge in [0.05, 0.1) is 0 Å². The van der Waals surface area contributed by atoms with Crippen molar-refractivity contribution in [3.05, 3.63) is 12.7 Å². The third kappa shape index (κ3) is 6.32. The van der Waals surface area contributed by atoms with E-state index in [9.17, 15) is 0 Å². The molecule has 1 N–H and O–H groups in total. The van der Waals surface area contributed by atoms with Crippen molar-refractivity contribution in [1.29, 1.82) is 0 Å². The molecule has 0 aromatic carbocycles. The maximum Gasteiger partial charge on any atom is 0.000826 e. The van der Waals surface area contributed by atoms with Crippen LogP contribution in [-0.2, 0) is 0 Å². The van der Waals surface area contributed by atoms with Crippen molar-refractivity contribution in [1.82, 2.24) is 5.32 Å². The van der Waals surface area contributed by atoms with Crippen molar-refractivity contribution >= 4 is 0 Å². The van der Waals surface area contributed by atoms with Crippen LogP contribution in [0.1, 0.15) is 53.9 Å². The van der Waals surface area contributed by atoms with E-state index in [0.717, 1.165) is 19.0 Å². The van der Waals surface area contributed by atoms with Crippen molar-refractivity contribution in [3.8, 4) is 0 Å². The average molecular weight is 225 g/mol. The fourth-order valence-corrected chi connectivity index (χ4v) is 2.07. The van der Waals surface area contributed by atoms with Gasteiger partial charge in [-0.05, 0) is 30.2 Å². The number of allylic oxidation sites excluding steroid dienone is 1. The van der Waals surface area contributed by atoms with E-state index in [2.05, 4.69) is 52.6 Å². The molecule has 96 valence electrons. The third-order valence-corrected chi connectivity index (χ3v) is 3.29. The summed E-state index contributed by atoms with van der Waals surface area (Å²) in [4.78, 5) is 0. The second-order valence-electron chi connectivity index (χ2n) is 6.00. The summed E-state index contributed by atoms with van der Waals surface area (Å²) in [5.74, 6) is 1.36. The molecule has 0 aliphatic carbocycles. The molecule has 1 nitrogen and oxygen atoms in total. The lowest BCUT2D eigenvalue weighted by Gasteiger charge is -2.33. The van der Waals surface area contributed by atoms with Crippen LogP contribution in [0.3, 0.4) is 0 Å². The first kappa shape index (κ1) is 15.7. The van der Waals surface area contributed by atoms with Crippen LogP contribution >= 0.6 is 0 Å². The zero-order chi connectivity index (χ0) is 12.6. The minimum Gasteiger partial charge on any atom is -0.316 e. The lowest BCUT2D eigenvalue weighted by Crippen LogP contribution is -2.36. The van der Waals surface area contributed by atoms with Crippen LogP contribution < -0.4 is 5.32 Å². The van der Waals surface area contributed by atoms with Gasteiger partial charge in [-0.15, -0.1) is 6.58 Å². The Labute approximate surface area is 103 Å². The van der Waals surface area contributed by atoms with E-state index in [-0.39, 0.29) is 0 Å². The van der Waals surface area contributed by atoms with E-state index in [1.54, 1.807) is 0 Å². The highest BCUT2D eigenvalue weighted by Gasteiger charge is 2.26. The minimum absolute atomic E-state index is 0.325. The highest BCUT2D eigenvalue weighted by atomic mass is 14.9. The largest absolute Gasteiger partial charge is 0.316 e. The number of hydrogen-bond acceptors (Lipinski definition) is 1. The Kier molecular flexibility index (Phi) is 7.74. The highest BCUT2D eigenvalue weighted by Crippen LogP contribution is 2.31. The summed E-state index contributed by atoms with van der Waals surface area (Å²) in [5, 5.41) is 3.57. The maximum atomic E-state index is 4.00. The molecule has 0 aliphatic heterocycles. The van der Waals surface area contributed by atoms with Gasteiger partial charge in [0.2, 0.25) is 0 Å². The molecule has 1 atom stereocenters. The average Bonchev–Trinajstić information content (AvgIpc) is 2.17. The van der Waals surface area contributed by atoms with Crippen LogP contribution in [0.4, 0.5) is 0 Å². The molecular weight excluding hydrogens is 194 g/mol. The maximum absolute atomic E-state index is 4.00. The Morgan fingerprint density at radius 3 is 2.38 bits per heavy atom. The second kappa shape index (κ2) is 7.89. The Morgan fingerprint density at radius 2 is 1.94 bits per heavy atom. The van der Waals surface area contributed by atoms with Crippen LogP contribution in [0.25, 0.3) is 0 Å². The predicted octanol–water partition coefficient (Wildman–Crippen LogP) is 4.25. The summed E-state index contributed by atoms with van der Waals surface area (Å²) >= 11 is 0. The van der Waals surface area contributed by atoms with E-state index in [4.69, 9.17) is 0 Å². The molecule has 0 bridgehead atoms. The molecule has 0 heterocycles. The van der Waals surface area contributed by atoms with Gasteiger partial charge < -0.3 is 5.32 Å². The highest BCUT2D eigenvalue weighted by molar-refractivity contribution is 4.91. The summed E-state index contributed by atoms with van der Waals surface area (Å²) < 4.78 is 0. The van der Waals surface area contributed by atoms with E-state index < -0.39 is 0 Å². The smallest absolute Gasteiger partial charge is 0.000826 e. The van der Waals surface area contributed by atoms with Crippen LogP contribution in [0.15, 0.2) is 12.7 Å². The first-order valence-electron chi connectivity index (χ1n) is 6.77. The fourth-order valence-electron chi connectivity index (χ4n) is 2.07. The van der Waals surface area contributed by atoms with Gasteiger partial charge in [-0.25, -0.2) is 0 Å². The van der Waals surface area contributed by atoms with Crippen molar-refractivity contribution in [2.45, 2.75) is 53.9 Å². The molecule has 0 amide bonds. The molecule has 0 aromatic heterocycles. The van der Waals surface area contributed by atoms with E-state index >= 15 is 0 Å². The van der Waals surface area contributed by atoms with Crippen LogP contribution in [0.2, 0.25) is 0 Å². The van der Waals surface area contributed by atoms with Crippen molar-refractivity contribution < 1.29 is 0 Å². The zero-order valence-corrected chi connectivity index (χ0v) is 12.0. The summed E-state index contributed by atoms with van der Waals surface area (Å²) in [6.07, 6.45) is 6.01. The molecule has 0 saturated heterocycles. The Hall–Kier alpha value is -0.300. The molecule has 0 rings (SSSR count). The monoisotopic (exact) mass is 225 g/mol. The molecular formula is C15H31N. The molecule has 1 unspecified atom stereocenters. The summed E-state index contributed by atoms with van der Waals surface area (Å²) in [5.41, 5.74) is 0.325. The first-order chi connectivity index (χ1) is 7.44. The lowest BCUT2D eigenvalue weighted by atomic mass is 9.76. The summed E-state index contributed by atoms with van der Waals surface area (Å²) in [6.45, 7) is 17.7. The standard InChI is InChI=1S/C15H31N/c1-7-9-10-14(8-2)15(5,6)12-16-11-13(3)4/h8,13-14,16H,2,7,9-12H2,1,3-6H3.